The number of fused-ring (bicyclic) bond motifs is 2. The average molecular weight is 313 g/mol. The van der Waals surface area contributed by atoms with Gasteiger partial charge in [-0.1, -0.05) is 23.9 Å². The van der Waals surface area contributed by atoms with Gasteiger partial charge in [-0.05, 0) is 24.3 Å². The van der Waals surface area contributed by atoms with Gasteiger partial charge in [-0.25, -0.2) is 5.32 Å². The van der Waals surface area contributed by atoms with E-state index in [-0.39, 0.29) is 13.2 Å². The third-order valence-corrected chi connectivity index (χ3v) is 4.18. The van der Waals surface area contributed by atoms with Gasteiger partial charge in [0.25, 0.3) is 5.91 Å². The predicted octanol–water partition coefficient (Wildman–Crippen LogP) is 2.60. The fraction of sp³-hybridized carbons (Fsp3) is 0.125. The van der Waals surface area contributed by atoms with Crippen molar-refractivity contribution in [3.63, 3.8) is 0 Å². The van der Waals surface area contributed by atoms with E-state index >= 15 is 0 Å². The van der Waals surface area contributed by atoms with E-state index in [0.717, 1.165) is 16.3 Å². The summed E-state index contributed by atoms with van der Waals surface area (Å²) >= 11 is 1.68. The minimum Gasteiger partial charge on any atom is -0.484 e. The molecule has 1 radical (unpaired) electrons. The Hall–Kier alpha value is -2.47. The van der Waals surface area contributed by atoms with Crippen LogP contribution in [0, 0.1) is 0 Å². The zero-order valence-corrected chi connectivity index (χ0v) is 12.4. The Labute approximate surface area is 132 Å². The summed E-state index contributed by atoms with van der Waals surface area (Å²) in [6.45, 7) is -0.294. The van der Waals surface area contributed by atoms with E-state index < -0.39 is 5.91 Å². The highest BCUT2D eigenvalue weighted by molar-refractivity contribution is 7.99. The third-order valence-electron chi connectivity index (χ3n) is 3.03. The van der Waals surface area contributed by atoms with Crippen molar-refractivity contribution in [2.75, 3.05) is 18.5 Å². The van der Waals surface area contributed by atoms with Gasteiger partial charge in [0, 0.05) is 15.9 Å². The Kier molecular flexibility index (Phi) is 4.29. The Morgan fingerprint density at radius 2 is 2.00 bits per heavy atom. The van der Waals surface area contributed by atoms with Crippen molar-refractivity contribution >= 4 is 35.3 Å². The van der Waals surface area contributed by atoms with Gasteiger partial charge in [0.2, 0.25) is 0 Å². The van der Waals surface area contributed by atoms with E-state index in [1.807, 2.05) is 36.4 Å². The van der Waals surface area contributed by atoms with E-state index in [4.69, 9.17) is 4.74 Å². The molecule has 111 valence electrons. The SMILES string of the molecule is O=CC[N]C(=O)COc1ccc2c(c1)Nc1ccccc1S2. The van der Waals surface area contributed by atoms with Gasteiger partial charge in [0.15, 0.2) is 6.61 Å². The molecule has 2 aromatic rings. The molecule has 0 bridgehead atoms. The number of carbonyl (C=O) groups is 2. The molecule has 1 aliphatic heterocycles. The van der Waals surface area contributed by atoms with E-state index in [1.165, 1.54) is 4.90 Å². The first-order chi connectivity index (χ1) is 10.8. The van der Waals surface area contributed by atoms with Gasteiger partial charge in [-0.2, -0.15) is 0 Å². The zero-order valence-electron chi connectivity index (χ0n) is 11.6. The van der Waals surface area contributed by atoms with Crippen LogP contribution in [0.4, 0.5) is 11.4 Å². The second-order valence-corrected chi connectivity index (χ2v) is 5.65. The van der Waals surface area contributed by atoms with Crippen molar-refractivity contribution < 1.29 is 14.3 Å². The van der Waals surface area contributed by atoms with Crippen LogP contribution in [0.3, 0.4) is 0 Å². The lowest BCUT2D eigenvalue weighted by molar-refractivity contribution is -0.124. The molecule has 0 aromatic heterocycles. The maximum Gasteiger partial charge on any atom is 0.279 e. The number of carbonyl (C=O) groups excluding carboxylic acids is 2. The van der Waals surface area contributed by atoms with Crippen LogP contribution in [0.2, 0.25) is 0 Å². The summed E-state index contributed by atoms with van der Waals surface area (Å²) in [7, 11) is 0. The smallest absolute Gasteiger partial charge is 0.279 e. The lowest BCUT2D eigenvalue weighted by Gasteiger charge is -2.21. The average Bonchev–Trinajstić information content (AvgIpc) is 2.56. The highest BCUT2D eigenvalue weighted by Gasteiger charge is 2.15. The maximum atomic E-state index is 11.4. The number of nitrogens with one attached hydrogen (secondary N) is 1. The molecule has 0 spiro atoms. The van der Waals surface area contributed by atoms with Gasteiger partial charge in [0.05, 0.1) is 17.9 Å². The Bertz CT molecular complexity index is 718. The lowest BCUT2D eigenvalue weighted by Crippen LogP contribution is -2.23. The van der Waals surface area contributed by atoms with Gasteiger partial charge in [0.1, 0.15) is 12.0 Å². The summed E-state index contributed by atoms with van der Waals surface area (Å²) in [5, 5.41) is 6.87. The first-order valence-corrected chi connectivity index (χ1v) is 7.52. The third kappa shape index (κ3) is 3.23. The number of rotatable bonds is 5. The number of para-hydroxylation sites is 1. The van der Waals surface area contributed by atoms with Crippen molar-refractivity contribution in [3.8, 4) is 5.75 Å². The standard InChI is InChI=1S/C16H13N2O3S/c19-8-7-17-16(20)10-21-11-5-6-15-13(9-11)18-12-3-1-2-4-14(12)22-15/h1-6,8-9,18H,7,10H2. The van der Waals surface area contributed by atoms with E-state index in [1.54, 1.807) is 11.8 Å². The van der Waals surface area contributed by atoms with Crippen LogP contribution < -0.4 is 15.4 Å². The number of benzene rings is 2. The summed E-state index contributed by atoms with van der Waals surface area (Å²) in [5.41, 5.74) is 1.99. The molecule has 2 aromatic carbocycles. The summed E-state index contributed by atoms with van der Waals surface area (Å²) in [4.78, 5) is 23.8. The molecule has 0 saturated heterocycles. The molecule has 0 saturated carbocycles. The number of ether oxygens (including phenoxy) is 1. The van der Waals surface area contributed by atoms with Gasteiger partial charge < -0.3 is 14.8 Å². The second kappa shape index (κ2) is 6.53. The minimum atomic E-state index is -0.447. The molecule has 5 nitrogen and oxygen atoms in total. The fourth-order valence-electron chi connectivity index (χ4n) is 2.04. The molecule has 22 heavy (non-hydrogen) atoms. The molecule has 0 unspecified atom stereocenters. The Morgan fingerprint density at radius 1 is 1.18 bits per heavy atom. The molecular weight excluding hydrogens is 300 g/mol. The first-order valence-electron chi connectivity index (χ1n) is 6.71. The molecule has 6 heteroatoms. The van der Waals surface area contributed by atoms with Crippen LogP contribution >= 0.6 is 11.8 Å². The zero-order chi connectivity index (χ0) is 15.4. The fourth-order valence-corrected chi connectivity index (χ4v) is 3.01. The molecule has 1 N–H and O–H groups in total. The topological polar surface area (TPSA) is 69.5 Å². The monoisotopic (exact) mass is 313 g/mol. The van der Waals surface area contributed by atoms with Crippen LogP contribution in [0.1, 0.15) is 0 Å². The minimum absolute atomic E-state index is 0.124. The number of hydrogen-bond acceptors (Lipinski definition) is 5. The number of hydrogen-bond donors (Lipinski definition) is 1. The molecule has 1 heterocycles. The summed E-state index contributed by atoms with van der Waals surface area (Å²) < 4.78 is 5.41. The summed E-state index contributed by atoms with van der Waals surface area (Å²) in [6.07, 6.45) is 0.579. The van der Waals surface area contributed by atoms with E-state index in [9.17, 15) is 9.59 Å². The Morgan fingerprint density at radius 3 is 2.86 bits per heavy atom. The largest absolute Gasteiger partial charge is 0.484 e. The quantitative estimate of drug-likeness (QED) is 0.733. The molecule has 0 aliphatic carbocycles. The molecular formula is C16H13N2O3S. The molecule has 0 fully saturated rings. The van der Waals surface area contributed by atoms with Crippen molar-refractivity contribution in [1.82, 2.24) is 5.32 Å². The number of aldehydes is 1. The van der Waals surface area contributed by atoms with Crippen molar-refractivity contribution in [3.05, 3.63) is 42.5 Å². The van der Waals surface area contributed by atoms with Gasteiger partial charge in [-0.3, -0.25) is 4.79 Å². The number of anilines is 2. The highest BCUT2D eigenvalue weighted by atomic mass is 32.2. The number of amides is 1. The van der Waals surface area contributed by atoms with Crippen LogP contribution in [0.5, 0.6) is 5.75 Å². The van der Waals surface area contributed by atoms with Crippen LogP contribution in [-0.4, -0.2) is 25.3 Å². The lowest BCUT2D eigenvalue weighted by atomic mass is 10.2. The maximum absolute atomic E-state index is 11.4. The van der Waals surface area contributed by atoms with Gasteiger partial charge in [-0.15, -0.1) is 0 Å². The second-order valence-electron chi connectivity index (χ2n) is 4.57. The summed E-state index contributed by atoms with van der Waals surface area (Å²) in [5.74, 6) is 0.137. The Balaban J connectivity index is 1.68. The molecule has 1 amide bonds. The van der Waals surface area contributed by atoms with Gasteiger partial charge >= 0.3 is 0 Å². The van der Waals surface area contributed by atoms with Crippen LogP contribution in [-0.2, 0) is 9.59 Å². The van der Waals surface area contributed by atoms with Crippen molar-refractivity contribution in [2.24, 2.45) is 0 Å². The molecule has 0 atom stereocenters. The highest BCUT2D eigenvalue weighted by Crippen LogP contribution is 2.44. The predicted molar refractivity (Wildman–Crippen MR) is 83.9 cm³/mol. The molecule has 3 rings (SSSR count). The van der Waals surface area contributed by atoms with Crippen molar-refractivity contribution in [1.29, 1.82) is 0 Å². The molecule has 1 aliphatic rings. The summed E-state index contributed by atoms with van der Waals surface area (Å²) in [6, 6.07) is 13.7. The first kappa shape index (κ1) is 14.5. The van der Waals surface area contributed by atoms with Crippen LogP contribution in [0.15, 0.2) is 52.3 Å². The van der Waals surface area contributed by atoms with Crippen LogP contribution in [0.25, 0.3) is 0 Å². The van der Waals surface area contributed by atoms with E-state index in [2.05, 4.69) is 16.7 Å². The van der Waals surface area contributed by atoms with E-state index in [0.29, 0.717) is 12.0 Å². The van der Waals surface area contributed by atoms with Crippen molar-refractivity contribution in [2.45, 2.75) is 9.79 Å². The number of nitrogens with zero attached hydrogens (tertiary/aromatic N) is 1. The normalized spacial score (nSPS) is 11.6.